The first kappa shape index (κ1) is 28.2. The SMILES string of the molecule is COC(=O)[C@H](CC(C)C)NC(=O)[C@@H](O)[C@@H](Cc1ccc(SC)cc1)NC(=O)OCc1ccccc1. The molecule has 0 aliphatic heterocycles. The average Bonchev–Trinajstić information content (AvgIpc) is 2.86. The third-order valence-corrected chi connectivity index (χ3v) is 6.03. The van der Waals surface area contributed by atoms with Crippen LogP contribution in [0.3, 0.4) is 0 Å². The van der Waals surface area contributed by atoms with Crippen LogP contribution in [0.4, 0.5) is 4.79 Å². The highest BCUT2D eigenvalue weighted by molar-refractivity contribution is 7.98. The molecule has 9 heteroatoms. The van der Waals surface area contributed by atoms with Crippen molar-refractivity contribution in [3.63, 3.8) is 0 Å². The molecule has 2 aromatic carbocycles. The van der Waals surface area contributed by atoms with Crippen molar-refractivity contribution in [2.24, 2.45) is 5.92 Å². The van der Waals surface area contributed by atoms with Crippen molar-refractivity contribution in [1.82, 2.24) is 10.6 Å². The number of thioether (sulfide) groups is 1. The van der Waals surface area contributed by atoms with Gasteiger partial charge in [-0.15, -0.1) is 11.8 Å². The first-order valence-corrected chi connectivity index (χ1v) is 12.6. The first-order chi connectivity index (χ1) is 16.7. The predicted molar refractivity (Wildman–Crippen MR) is 135 cm³/mol. The molecule has 0 fully saturated rings. The number of methoxy groups -OCH3 is 1. The van der Waals surface area contributed by atoms with Crippen molar-refractivity contribution in [3.05, 3.63) is 65.7 Å². The molecule has 0 bridgehead atoms. The van der Waals surface area contributed by atoms with Gasteiger partial charge in [-0.3, -0.25) is 4.79 Å². The second kappa shape index (κ2) is 14.4. The highest BCUT2D eigenvalue weighted by Gasteiger charge is 2.32. The van der Waals surface area contributed by atoms with E-state index in [9.17, 15) is 19.5 Å². The van der Waals surface area contributed by atoms with Gasteiger partial charge in [0.05, 0.1) is 13.2 Å². The van der Waals surface area contributed by atoms with Crippen molar-refractivity contribution in [1.29, 1.82) is 0 Å². The Hall–Kier alpha value is -3.04. The largest absolute Gasteiger partial charge is 0.467 e. The lowest BCUT2D eigenvalue weighted by Gasteiger charge is -2.26. The van der Waals surface area contributed by atoms with Crippen LogP contribution in [0.1, 0.15) is 31.4 Å². The first-order valence-electron chi connectivity index (χ1n) is 11.4. The molecule has 0 aromatic heterocycles. The number of aliphatic hydroxyl groups excluding tert-OH is 1. The quantitative estimate of drug-likeness (QED) is 0.301. The smallest absolute Gasteiger partial charge is 0.407 e. The number of carbonyl (C=O) groups excluding carboxylic acids is 3. The van der Waals surface area contributed by atoms with E-state index in [2.05, 4.69) is 10.6 Å². The van der Waals surface area contributed by atoms with Gasteiger partial charge >= 0.3 is 12.1 Å². The Bertz CT molecular complexity index is 952. The summed E-state index contributed by atoms with van der Waals surface area (Å²) in [6.45, 7) is 3.86. The molecule has 35 heavy (non-hydrogen) atoms. The third-order valence-electron chi connectivity index (χ3n) is 5.29. The van der Waals surface area contributed by atoms with Gasteiger partial charge < -0.3 is 25.2 Å². The monoisotopic (exact) mass is 502 g/mol. The van der Waals surface area contributed by atoms with Crippen LogP contribution >= 0.6 is 11.8 Å². The van der Waals surface area contributed by atoms with E-state index < -0.39 is 36.2 Å². The summed E-state index contributed by atoms with van der Waals surface area (Å²) in [5, 5.41) is 16.0. The number of rotatable bonds is 12. The van der Waals surface area contributed by atoms with E-state index in [1.165, 1.54) is 7.11 Å². The van der Waals surface area contributed by atoms with Crippen molar-refractivity contribution in [3.8, 4) is 0 Å². The minimum Gasteiger partial charge on any atom is -0.467 e. The number of benzene rings is 2. The number of aliphatic hydroxyl groups is 1. The molecule has 0 saturated carbocycles. The van der Waals surface area contributed by atoms with E-state index in [-0.39, 0.29) is 18.9 Å². The summed E-state index contributed by atoms with van der Waals surface area (Å²) in [6.07, 6.45) is 0.0947. The molecule has 0 spiro atoms. The van der Waals surface area contributed by atoms with Crippen molar-refractivity contribution in [2.75, 3.05) is 13.4 Å². The van der Waals surface area contributed by atoms with E-state index in [0.717, 1.165) is 16.0 Å². The normalized spacial score (nSPS) is 13.4. The molecular formula is C26H34N2O6S. The highest BCUT2D eigenvalue weighted by atomic mass is 32.2. The molecule has 8 nitrogen and oxygen atoms in total. The molecule has 0 radical (unpaired) electrons. The van der Waals surface area contributed by atoms with E-state index in [1.807, 2.05) is 74.7 Å². The molecule has 3 N–H and O–H groups in total. The van der Waals surface area contributed by atoms with Crippen LogP contribution in [0.25, 0.3) is 0 Å². The van der Waals surface area contributed by atoms with E-state index in [0.29, 0.717) is 6.42 Å². The molecule has 0 heterocycles. The molecule has 0 aliphatic carbocycles. The number of hydrogen-bond acceptors (Lipinski definition) is 7. The predicted octanol–water partition coefficient (Wildman–Crippen LogP) is 3.31. The number of carbonyl (C=O) groups is 3. The summed E-state index contributed by atoms with van der Waals surface area (Å²) in [5.74, 6) is -1.28. The van der Waals surface area contributed by atoms with Gasteiger partial charge in [-0.2, -0.15) is 0 Å². The Morgan fingerprint density at radius 2 is 1.63 bits per heavy atom. The van der Waals surface area contributed by atoms with E-state index >= 15 is 0 Å². The number of esters is 1. The van der Waals surface area contributed by atoms with Crippen LogP contribution in [0.2, 0.25) is 0 Å². The molecule has 2 amide bonds. The Morgan fingerprint density at radius 1 is 0.971 bits per heavy atom. The maximum atomic E-state index is 12.9. The van der Waals surface area contributed by atoms with Gasteiger partial charge in [0, 0.05) is 4.90 Å². The summed E-state index contributed by atoms with van der Waals surface area (Å²) in [4.78, 5) is 38.6. The highest BCUT2D eigenvalue weighted by Crippen LogP contribution is 2.17. The molecule has 190 valence electrons. The summed E-state index contributed by atoms with van der Waals surface area (Å²) in [7, 11) is 1.24. The number of alkyl carbamates (subject to hydrolysis) is 1. The number of hydrogen-bond donors (Lipinski definition) is 3. The lowest BCUT2D eigenvalue weighted by Crippen LogP contribution is -2.55. The Labute approximate surface area is 210 Å². The Balaban J connectivity index is 2.14. The minimum absolute atomic E-state index is 0.0446. The van der Waals surface area contributed by atoms with Gasteiger partial charge in [-0.1, -0.05) is 56.3 Å². The zero-order valence-corrected chi connectivity index (χ0v) is 21.3. The average molecular weight is 503 g/mol. The molecular weight excluding hydrogens is 468 g/mol. The van der Waals surface area contributed by atoms with Gasteiger partial charge in [0.1, 0.15) is 12.6 Å². The van der Waals surface area contributed by atoms with Crippen LogP contribution in [-0.4, -0.2) is 54.6 Å². The number of nitrogens with one attached hydrogen (secondary N) is 2. The topological polar surface area (TPSA) is 114 Å². The van der Waals surface area contributed by atoms with Crippen LogP contribution in [0.5, 0.6) is 0 Å². The lowest BCUT2D eigenvalue weighted by atomic mass is 9.99. The second-order valence-corrected chi connectivity index (χ2v) is 9.40. The molecule has 2 aromatic rings. The van der Waals surface area contributed by atoms with Gasteiger partial charge in [0.2, 0.25) is 0 Å². The van der Waals surface area contributed by atoms with Crippen LogP contribution in [0.15, 0.2) is 59.5 Å². The van der Waals surface area contributed by atoms with Crippen molar-refractivity contribution < 1.29 is 29.0 Å². The second-order valence-electron chi connectivity index (χ2n) is 8.52. The van der Waals surface area contributed by atoms with Gasteiger partial charge in [0.25, 0.3) is 5.91 Å². The zero-order chi connectivity index (χ0) is 25.8. The molecule has 2 rings (SSSR count). The fourth-order valence-corrected chi connectivity index (χ4v) is 3.85. The maximum absolute atomic E-state index is 12.9. The van der Waals surface area contributed by atoms with E-state index in [4.69, 9.17) is 9.47 Å². The Kier molecular flexibility index (Phi) is 11.6. The summed E-state index contributed by atoms with van der Waals surface area (Å²) in [6, 6.07) is 14.9. The van der Waals surface area contributed by atoms with Gasteiger partial charge in [0.15, 0.2) is 6.10 Å². The molecule has 0 aliphatic rings. The maximum Gasteiger partial charge on any atom is 0.407 e. The fourth-order valence-electron chi connectivity index (χ4n) is 3.44. The van der Waals surface area contributed by atoms with Crippen molar-refractivity contribution in [2.45, 2.75) is 56.4 Å². The lowest BCUT2D eigenvalue weighted by molar-refractivity contribution is -0.147. The van der Waals surface area contributed by atoms with Gasteiger partial charge in [-0.05, 0) is 48.3 Å². The van der Waals surface area contributed by atoms with Crippen LogP contribution in [0, 0.1) is 5.92 Å². The van der Waals surface area contributed by atoms with E-state index in [1.54, 1.807) is 11.8 Å². The zero-order valence-electron chi connectivity index (χ0n) is 20.5. The standard InChI is InChI=1S/C26H34N2O6S/c1-17(2)14-22(25(31)33-3)27-24(30)23(29)21(15-18-10-12-20(35-4)13-11-18)28-26(32)34-16-19-8-6-5-7-9-19/h5-13,17,21-23,29H,14-16H2,1-4H3,(H,27,30)(H,28,32)/t21-,22+,23+/m1/s1. The Morgan fingerprint density at radius 3 is 2.20 bits per heavy atom. The number of ether oxygens (including phenoxy) is 2. The fraction of sp³-hybridized carbons (Fsp3) is 0.423. The molecule has 0 saturated heterocycles. The van der Waals surface area contributed by atoms with Crippen LogP contribution < -0.4 is 10.6 Å². The minimum atomic E-state index is -1.63. The summed E-state index contributed by atoms with van der Waals surface area (Å²) < 4.78 is 10.1. The number of amides is 2. The van der Waals surface area contributed by atoms with Crippen molar-refractivity contribution >= 4 is 29.7 Å². The summed E-state index contributed by atoms with van der Waals surface area (Å²) >= 11 is 1.59. The summed E-state index contributed by atoms with van der Waals surface area (Å²) in [5.41, 5.74) is 1.62. The molecule has 0 unspecified atom stereocenters. The third kappa shape index (κ3) is 9.62. The van der Waals surface area contributed by atoms with Gasteiger partial charge in [-0.25, -0.2) is 9.59 Å². The van der Waals surface area contributed by atoms with Crippen LogP contribution in [-0.2, 0) is 32.1 Å². The molecule has 3 atom stereocenters.